The van der Waals surface area contributed by atoms with E-state index in [9.17, 15) is 0 Å². The smallest absolute Gasteiger partial charge is 0.0644 e. The Balaban J connectivity index is 2.09. The van der Waals surface area contributed by atoms with E-state index in [0.29, 0.717) is 6.04 Å². The fourth-order valence-corrected chi connectivity index (χ4v) is 1.91. The maximum Gasteiger partial charge on any atom is 0.0644 e. The van der Waals surface area contributed by atoms with Crippen LogP contribution in [0.15, 0.2) is 30.7 Å². The van der Waals surface area contributed by atoms with Crippen molar-refractivity contribution in [3.63, 3.8) is 0 Å². The molecule has 2 rings (SSSR count). The van der Waals surface area contributed by atoms with Crippen LogP contribution in [-0.4, -0.2) is 20.0 Å². The van der Waals surface area contributed by atoms with Crippen molar-refractivity contribution in [3.8, 4) is 0 Å². The van der Waals surface area contributed by atoms with Crippen LogP contribution >= 0.6 is 0 Å². The van der Waals surface area contributed by atoms with Crippen molar-refractivity contribution in [1.82, 2.24) is 25.4 Å². The van der Waals surface area contributed by atoms with E-state index in [1.54, 1.807) is 12.4 Å². The zero-order chi connectivity index (χ0) is 13.7. The van der Waals surface area contributed by atoms with Gasteiger partial charge in [0, 0.05) is 24.9 Å². The Kier molecular flexibility index (Phi) is 4.59. The summed E-state index contributed by atoms with van der Waals surface area (Å²) >= 11 is 0. The molecule has 6 heteroatoms. The quantitative estimate of drug-likeness (QED) is 0.606. The van der Waals surface area contributed by atoms with Gasteiger partial charge in [0.15, 0.2) is 0 Å². The lowest BCUT2D eigenvalue weighted by Crippen LogP contribution is -2.29. The Hall–Kier alpha value is -1.79. The van der Waals surface area contributed by atoms with Crippen LogP contribution in [0.4, 0.5) is 0 Å². The molecule has 2 heterocycles. The minimum Gasteiger partial charge on any atom is -0.271 e. The summed E-state index contributed by atoms with van der Waals surface area (Å²) in [7, 11) is 0. The van der Waals surface area contributed by atoms with Crippen LogP contribution in [-0.2, 0) is 6.42 Å². The number of nitrogens with one attached hydrogen (secondary N) is 1. The second-order valence-corrected chi connectivity index (χ2v) is 4.64. The van der Waals surface area contributed by atoms with E-state index in [2.05, 4.69) is 34.6 Å². The molecule has 2 unspecified atom stereocenters. The van der Waals surface area contributed by atoms with E-state index in [1.165, 1.54) is 0 Å². The van der Waals surface area contributed by atoms with Crippen LogP contribution in [0.25, 0.3) is 0 Å². The van der Waals surface area contributed by atoms with E-state index in [-0.39, 0.29) is 6.04 Å². The van der Waals surface area contributed by atoms with Gasteiger partial charge in [-0.15, -0.1) is 0 Å². The second-order valence-electron chi connectivity index (χ2n) is 4.64. The van der Waals surface area contributed by atoms with Gasteiger partial charge in [-0.1, -0.05) is 6.92 Å². The van der Waals surface area contributed by atoms with Crippen molar-refractivity contribution in [3.05, 3.63) is 42.0 Å². The van der Waals surface area contributed by atoms with Crippen LogP contribution in [0, 0.1) is 0 Å². The van der Waals surface area contributed by atoms with E-state index in [4.69, 9.17) is 5.84 Å². The third kappa shape index (κ3) is 3.36. The van der Waals surface area contributed by atoms with Gasteiger partial charge in [-0.2, -0.15) is 15.3 Å². The predicted molar refractivity (Wildman–Crippen MR) is 73.0 cm³/mol. The molecule has 2 atom stereocenters. The minimum absolute atomic E-state index is 0.00390. The molecule has 0 aliphatic carbocycles. The maximum atomic E-state index is 5.61. The first kappa shape index (κ1) is 13.6. The average molecular weight is 260 g/mol. The number of aromatic nitrogens is 4. The van der Waals surface area contributed by atoms with Crippen molar-refractivity contribution in [2.24, 2.45) is 5.84 Å². The van der Waals surface area contributed by atoms with Crippen molar-refractivity contribution < 1.29 is 0 Å². The Morgan fingerprint density at radius 1 is 1.37 bits per heavy atom. The molecule has 0 saturated carbocycles. The molecule has 0 saturated heterocycles. The number of rotatable bonds is 6. The lowest BCUT2D eigenvalue weighted by atomic mass is 10.1. The van der Waals surface area contributed by atoms with Crippen LogP contribution in [0.5, 0.6) is 0 Å². The number of nitrogens with zero attached hydrogens (tertiary/aromatic N) is 4. The van der Waals surface area contributed by atoms with Crippen LogP contribution in [0.2, 0.25) is 0 Å². The van der Waals surface area contributed by atoms with Crippen molar-refractivity contribution in [2.45, 2.75) is 38.8 Å². The zero-order valence-electron chi connectivity index (χ0n) is 11.3. The predicted octanol–water partition coefficient (Wildman–Crippen LogP) is 1.39. The first-order valence-electron chi connectivity index (χ1n) is 6.51. The highest BCUT2D eigenvalue weighted by Crippen LogP contribution is 2.16. The minimum atomic E-state index is -0.00390. The molecule has 3 N–H and O–H groups in total. The standard InChI is InChI=1S/C13H20N6/c1-3-10(2)19-7-5-12(18-19)8-13(17-14)11-4-6-15-16-9-11/h4-7,9-10,13,17H,3,8,14H2,1-2H3. The average Bonchev–Trinajstić information content (AvgIpc) is 2.93. The van der Waals surface area contributed by atoms with E-state index in [0.717, 1.165) is 24.1 Å². The Morgan fingerprint density at radius 2 is 2.21 bits per heavy atom. The van der Waals surface area contributed by atoms with Gasteiger partial charge >= 0.3 is 0 Å². The number of hydrazine groups is 1. The van der Waals surface area contributed by atoms with Gasteiger partial charge in [0.2, 0.25) is 0 Å². The van der Waals surface area contributed by atoms with E-state index >= 15 is 0 Å². The van der Waals surface area contributed by atoms with Gasteiger partial charge in [-0.05, 0) is 31.0 Å². The SMILES string of the molecule is CCC(C)n1ccc(CC(NN)c2ccnnc2)n1. The lowest BCUT2D eigenvalue weighted by molar-refractivity contribution is 0.467. The van der Waals surface area contributed by atoms with Gasteiger partial charge in [-0.3, -0.25) is 16.0 Å². The molecule has 2 aromatic heterocycles. The first-order chi connectivity index (χ1) is 9.24. The summed E-state index contributed by atoms with van der Waals surface area (Å²) in [5.41, 5.74) is 4.83. The van der Waals surface area contributed by atoms with Crippen molar-refractivity contribution in [1.29, 1.82) is 0 Å². The fraction of sp³-hybridized carbons (Fsp3) is 0.462. The maximum absolute atomic E-state index is 5.61. The summed E-state index contributed by atoms with van der Waals surface area (Å²) < 4.78 is 1.99. The summed E-state index contributed by atoms with van der Waals surface area (Å²) in [5, 5.41) is 12.2. The Morgan fingerprint density at radius 3 is 2.84 bits per heavy atom. The molecule has 102 valence electrons. The highest BCUT2D eigenvalue weighted by molar-refractivity contribution is 5.15. The van der Waals surface area contributed by atoms with Gasteiger partial charge in [-0.25, -0.2) is 0 Å². The van der Waals surface area contributed by atoms with Crippen molar-refractivity contribution >= 4 is 0 Å². The molecule has 0 aliphatic heterocycles. The molecule has 0 fully saturated rings. The molecular weight excluding hydrogens is 240 g/mol. The highest BCUT2D eigenvalue weighted by Gasteiger charge is 2.13. The van der Waals surface area contributed by atoms with Crippen LogP contribution in [0.3, 0.4) is 0 Å². The molecule has 6 nitrogen and oxygen atoms in total. The number of hydrogen-bond acceptors (Lipinski definition) is 5. The van der Waals surface area contributed by atoms with Crippen LogP contribution < -0.4 is 11.3 Å². The summed E-state index contributed by atoms with van der Waals surface area (Å²) in [6.45, 7) is 4.31. The normalized spacial score (nSPS) is 14.3. The molecule has 2 aromatic rings. The van der Waals surface area contributed by atoms with Gasteiger partial charge < -0.3 is 0 Å². The van der Waals surface area contributed by atoms with Crippen molar-refractivity contribution in [2.75, 3.05) is 0 Å². The summed E-state index contributed by atoms with van der Waals surface area (Å²) in [6, 6.07) is 4.35. The number of nitrogens with two attached hydrogens (primary N) is 1. The van der Waals surface area contributed by atoms with Gasteiger partial charge in [0.05, 0.1) is 17.9 Å². The lowest BCUT2D eigenvalue weighted by Gasteiger charge is -2.14. The Labute approximate surface area is 113 Å². The van der Waals surface area contributed by atoms with E-state index < -0.39 is 0 Å². The molecule has 0 spiro atoms. The molecule has 0 aromatic carbocycles. The number of hydrogen-bond donors (Lipinski definition) is 2. The Bertz CT molecular complexity index is 495. The molecule has 0 aliphatic rings. The summed E-state index contributed by atoms with van der Waals surface area (Å²) in [6.07, 6.45) is 7.19. The van der Waals surface area contributed by atoms with Crippen LogP contribution in [0.1, 0.15) is 43.6 Å². The van der Waals surface area contributed by atoms with Gasteiger partial charge in [0.25, 0.3) is 0 Å². The third-order valence-corrected chi connectivity index (χ3v) is 3.33. The molecular formula is C13H20N6. The second kappa shape index (κ2) is 6.40. The fourth-order valence-electron chi connectivity index (χ4n) is 1.91. The summed E-state index contributed by atoms with van der Waals surface area (Å²) in [5.74, 6) is 5.61. The largest absolute Gasteiger partial charge is 0.271 e. The topological polar surface area (TPSA) is 81.7 Å². The molecule has 0 amide bonds. The van der Waals surface area contributed by atoms with Gasteiger partial charge in [0.1, 0.15) is 0 Å². The molecule has 19 heavy (non-hydrogen) atoms. The highest BCUT2D eigenvalue weighted by atomic mass is 15.3. The monoisotopic (exact) mass is 260 g/mol. The summed E-state index contributed by atoms with van der Waals surface area (Å²) in [4.78, 5) is 0. The first-order valence-corrected chi connectivity index (χ1v) is 6.51. The molecule has 0 bridgehead atoms. The third-order valence-electron chi connectivity index (χ3n) is 3.33. The molecule has 0 radical (unpaired) electrons. The van der Waals surface area contributed by atoms with E-state index in [1.807, 2.05) is 23.0 Å². The zero-order valence-corrected chi connectivity index (χ0v) is 11.3.